The molecule has 0 spiro atoms. The lowest BCUT2D eigenvalue weighted by atomic mass is 10.1. The van der Waals surface area contributed by atoms with Gasteiger partial charge in [0.05, 0.1) is 5.69 Å². The summed E-state index contributed by atoms with van der Waals surface area (Å²) in [5, 5.41) is 0.780. The molecular weight excluding hydrogens is 258 g/mol. The van der Waals surface area contributed by atoms with Crippen molar-refractivity contribution in [2.24, 2.45) is 5.73 Å². The van der Waals surface area contributed by atoms with Crippen molar-refractivity contribution in [1.82, 2.24) is 9.38 Å². The Balaban J connectivity index is 1.95. The molecule has 0 aliphatic rings. The monoisotopic (exact) mass is 271 g/mol. The molecule has 0 bridgehead atoms. The molecular formula is C15H14ClN3. The number of nitrogens with zero attached hydrogens (tertiary/aromatic N) is 2. The number of fused-ring (bicyclic) bond motifs is 1. The van der Waals surface area contributed by atoms with Crippen LogP contribution in [0.1, 0.15) is 16.8 Å². The molecule has 0 saturated heterocycles. The topological polar surface area (TPSA) is 43.3 Å². The van der Waals surface area contributed by atoms with Crippen LogP contribution in [0.15, 0.2) is 48.8 Å². The number of pyridine rings is 1. The fourth-order valence-electron chi connectivity index (χ4n) is 2.13. The summed E-state index contributed by atoms with van der Waals surface area (Å²) in [6.07, 6.45) is 4.77. The zero-order valence-electron chi connectivity index (χ0n) is 10.4. The Morgan fingerprint density at radius 3 is 2.74 bits per heavy atom. The van der Waals surface area contributed by atoms with Crippen molar-refractivity contribution < 1.29 is 0 Å². The lowest BCUT2D eigenvalue weighted by molar-refractivity contribution is 1.03. The molecule has 2 N–H and O–H groups in total. The summed E-state index contributed by atoms with van der Waals surface area (Å²) in [4.78, 5) is 4.59. The van der Waals surface area contributed by atoms with E-state index in [4.69, 9.17) is 17.3 Å². The van der Waals surface area contributed by atoms with Gasteiger partial charge in [0.1, 0.15) is 5.65 Å². The van der Waals surface area contributed by atoms with Crippen LogP contribution in [0, 0.1) is 0 Å². The first kappa shape index (κ1) is 12.2. The van der Waals surface area contributed by atoms with E-state index in [2.05, 4.69) is 4.98 Å². The molecule has 0 fully saturated rings. The summed E-state index contributed by atoms with van der Waals surface area (Å²) >= 11 is 6.17. The third kappa shape index (κ3) is 2.48. The zero-order chi connectivity index (χ0) is 13.2. The third-order valence-corrected chi connectivity index (χ3v) is 3.50. The number of halogens is 1. The summed E-state index contributed by atoms with van der Waals surface area (Å²) in [6, 6.07) is 11.8. The van der Waals surface area contributed by atoms with E-state index in [9.17, 15) is 0 Å². The quantitative estimate of drug-likeness (QED) is 0.796. The molecule has 19 heavy (non-hydrogen) atoms. The van der Waals surface area contributed by atoms with E-state index in [1.807, 2.05) is 53.2 Å². The Morgan fingerprint density at radius 2 is 1.95 bits per heavy atom. The van der Waals surface area contributed by atoms with Gasteiger partial charge in [-0.15, -0.1) is 0 Å². The number of hydrogen-bond acceptors (Lipinski definition) is 2. The first-order valence-corrected chi connectivity index (χ1v) is 6.54. The molecule has 4 heteroatoms. The third-order valence-electron chi connectivity index (χ3n) is 3.13. The second kappa shape index (κ2) is 5.03. The predicted octanol–water partition coefficient (Wildman–Crippen LogP) is 3.04. The molecule has 2 heterocycles. The summed E-state index contributed by atoms with van der Waals surface area (Å²) < 4.78 is 2.01. The largest absolute Gasteiger partial charge is 0.326 e. The molecule has 3 aromatic rings. The van der Waals surface area contributed by atoms with Crippen LogP contribution in [-0.4, -0.2) is 9.38 Å². The van der Waals surface area contributed by atoms with Gasteiger partial charge in [0, 0.05) is 30.4 Å². The van der Waals surface area contributed by atoms with Gasteiger partial charge in [0.25, 0.3) is 0 Å². The summed E-state index contributed by atoms with van der Waals surface area (Å²) in [5.41, 5.74) is 9.75. The highest BCUT2D eigenvalue weighted by Crippen LogP contribution is 2.19. The van der Waals surface area contributed by atoms with Gasteiger partial charge in [0.15, 0.2) is 0 Å². The minimum Gasteiger partial charge on any atom is -0.326 e. The van der Waals surface area contributed by atoms with Gasteiger partial charge >= 0.3 is 0 Å². The number of nitrogens with two attached hydrogens (primary N) is 1. The van der Waals surface area contributed by atoms with Crippen molar-refractivity contribution in [3.63, 3.8) is 0 Å². The van der Waals surface area contributed by atoms with Gasteiger partial charge in [-0.1, -0.05) is 35.9 Å². The van der Waals surface area contributed by atoms with Crippen LogP contribution in [0.5, 0.6) is 0 Å². The fourth-order valence-corrected chi connectivity index (χ4v) is 2.34. The molecule has 0 aliphatic carbocycles. The van der Waals surface area contributed by atoms with Crippen LogP contribution in [0.4, 0.5) is 0 Å². The molecule has 0 saturated carbocycles. The molecule has 0 unspecified atom stereocenters. The van der Waals surface area contributed by atoms with Crippen LogP contribution in [0.3, 0.4) is 0 Å². The van der Waals surface area contributed by atoms with Crippen LogP contribution < -0.4 is 5.73 Å². The van der Waals surface area contributed by atoms with Crippen molar-refractivity contribution >= 4 is 17.2 Å². The Hall–Kier alpha value is -1.84. The molecule has 3 nitrogen and oxygen atoms in total. The van der Waals surface area contributed by atoms with E-state index in [1.54, 1.807) is 0 Å². The fraction of sp³-hybridized carbons (Fsp3) is 0.133. The SMILES string of the molecule is NCc1ccc2nc(Cc3ccccc3Cl)cn2c1. The number of rotatable bonds is 3. The minimum absolute atomic E-state index is 0.536. The van der Waals surface area contributed by atoms with Crippen molar-refractivity contribution in [2.75, 3.05) is 0 Å². The highest BCUT2D eigenvalue weighted by atomic mass is 35.5. The zero-order valence-corrected chi connectivity index (χ0v) is 11.1. The standard InChI is InChI=1S/C15H14ClN3/c16-14-4-2-1-3-12(14)7-13-10-19-9-11(8-17)5-6-15(19)18-13/h1-6,9-10H,7-8,17H2. The second-order valence-corrected chi connectivity index (χ2v) is 4.91. The van der Waals surface area contributed by atoms with Crippen molar-refractivity contribution in [3.8, 4) is 0 Å². The molecule has 0 aliphatic heterocycles. The summed E-state index contributed by atoms with van der Waals surface area (Å²) in [6.45, 7) is 0.536. The van der Waals surface area contributed by atoms with E-state index >= 15 is 0 Å². The van der Waals surface area contributed by atoms with E-state index < -0.39 is 0 Å². The van der Waals surface area contributed by atoms with E-state index in [-0.39, 0.29) is 0 Å². The highest BCUT2D eigenvalue weighted by Gasteiger charge is 2.05. The van der Waals surface area contributed by atoms with E-state index in [0.717, 1.165) is 33.9 Å². The van der Waals surface area contributed by atoms with Gasteiger partial charge in [0.2, 0.25) is 0 Å². The maximum Gasteiger partial charge on any atom is 0.137 e. The van der Waals surface area contributed by atoms with E-state index in [1.165, 1.54) is 0 Å². The average molecular weight is 272 g/mol. The normalized spacial score (nSPS) is 11.1. The molecule has 3 rings (SSSR count). The number of aromatic nitrogens is 2. The average Bonchev–Trinajstić information content (AvgIpc) is 2.82. The van der Waals surface area contributed by atoms with Gasteiger partial charge in [-0.05, 0) is 23.3 Å². The summed E-state index contributed by atoms with van der Waals surface area (Å²) in [5.74, 6) is 0. The lowest BCUT2D eigenvalue weighted by Crippen LogP contribution is -1.97. The maximum absolute atomic E-state index is 6.17. The Labute approximate surface area is 116 Å². The maximum atomic E-state index is 6.17. The predicted molar refractivity (Wildman–Crippen MR) is 77.3 cm³/mol. The molecule has 0 atom stereocenters. The number of benzene rings is 1. The van der Waals surface area contributed by atoms with Gasteiger partial charge < -0.3 is 10.1 Å². The Bertz CT molecular complexity index is 718. The molecule has 2 aromatic heterocycles. The molecule has 96 valence electrons. The smallest absolute Gasteiger partial charge is 0.137 e. The molecule has 1 aromatic carbocycles. The summed E-state index contributed by atoms with van der Waals surface area (Å²) in [7, 11) is 0. The highest BCUT2D eigenvalue weighted by molar-refractivity contribution is 6.31. The lowest BCUT2D eigenvalue weighted by Gasteiger charge is -2.00. The number of hydrogen-bond donors (Lipinski definition) is 1. The van der Waals surface area contributed by atoms with Gasteiger partial charge in [-0.25, -0.2) is 4.98 Å². The van der Waals surface area contributed by atoms with Crippen LogP contribution in [-0.2, 0) is 13.0 Å². The number of imidazole rings is 1. The first-order chi connectivity index (χ1) is 9.26. The van der Waals surface area contributed by atoms with Crippen LogP contribution >= 0.6 is 11.6 Å². The first-order valence-electron chi connectivity index (χ1n) is 6.16. The van der Waals surface area contributed by atoms with Crippen LogP contribution in [0.2, 0.25) is 5.02 Å². The second-order valence-electron chi connectivity index (χ2n) is 4.51. The molecule has 0 radical (unpaired) electrons. The van der Waals surface area contributed by atoms with Crippen molar-refractivity contribution in [3.05, 3.63) is 70.6 Å². The van der Waals surface area contributed by atoms with Gasteiger partial charge in [-0.3, -0.25) is 0 Å². The Morgan fingerprint density at radius 1 is 1.11 bits per heavy atom. The van der Waals surface area contributed by atoms with E-state index in [0.29, 0.717) is 6.54 Å². The minimum atomic E-state index is 0.536. The van der Waals surface area contributed by atoms with Gasteiger partial charge in [-0.2, -0.15) is 0 Å². The van der Waals surface area contributed by atoms with Crippen molar-refractivity contribution in [2.45, 2.75) is 13.0 Å². The molecule has 0 amide bonds. The van der Waals surface area contributed by atoms with Crippen molar-refractivity contribution in [1.29, 1.82) is 0 Å². The van der Waals surface area contributed by atoms with Crippen LogP contribution in [0.25, 0.3) is 5.65 Å². The Kier molecular flexibility index (Phi) is 3.23.